The van der Waals surface area contributed by atoms with E-state index in [4.69, 9.17) is 0 Å². The van der Waals surface area contributed by atoms with Gasteiger partial charge in [0, 0.05) is 9.58 Å². The molecule has 0 unspecified atom stereocenters. The maximum atomic E-state index is 11.4. The lowest BCUT2D eigenvalue weighted by molar-refractivity contribution is -0.130. The quantitative estimate of drug-likeness (QED) is 0.715. The van der Waals surface area contributed by atoms with Gasteiger partial charge in [-0.25, -0.2) is 4.79 Å². The zero-order valence-electron chi connectivity index (χ0n) is 9.87. The van der Waals surface area contributed by atoms with E-state index in [0.717, 1.165) is 15.8 Å². The van der Waals surface area contributed by atoms with Crippen LogP contribution >= 0.6 is 22.7 Å². The number of hydrogen-bond donors (Lipinski definition) is 1. The molecule has 0 saturated heterocycles. The fourth-order valence-corrected chi connectivity index (χ4v) is 3.59. The number of aliphatic carboxylic acids is 1. The van der Waals surface area contributed by atoms with E-state index >= 15 is 0 Å². The van der Waals surface area contributed by atoms with Gasteiger partial charge in [-0.2, -0.15) is 0 Å². The molecule has 3 aromatic rings. The molecule has 2 nitrogen and oxygen atoms in total. The van der Waals surface area contributed by atoms with Crippen molar-refractivity contribution in [3.05, 3.63) is 57.6 Å². The summed E-state index contributed by atoms with van der Waals surface area (Å²) in [5.74, 6) is -0.891. The molecule has 0 fully saturated rings. The zero-order chi connectivity index (χ0) is 13.2. The van der Waals surface area contributed by atoms with Crippen molar-refractivity contribution in [2.75, 3.05) is 0 Å². The molecular formula is C15H10O2S2. The van der Waals surface area contributed by atoms with Crippen molar-refractivity contribution < 1.29 is 9.90 Å². The van der Waals surface area contributed by atoms with E-state index in [9.17, 15) is 9.90 Å². The van der Waals surface area contributed by atoms with Gasteiger partial charge in [0.2, 0.25) is 0 Å². The summed E-state index contributed by atoms with van der Waals surface area (Å²) in [7, 11) is 0. The van der Waals surface area contributed by atoms with Gasteiger partial charge in [0.25, 0.3) is 0 Å². The SMILES string of the molecule is O=C(O)/C(=C\c1csc2ccccc12)c1cccs1. The highest BCUT2D eigenvalue weighted by Gasteiger charge is 2.12. The summed E-state index contributed by atoms with van der Waals surface area (Å²) in [6, 6.07) is 11.7. The number of fused-ring (bicyclic) bond motifs is 1. The highest BCUT2D eigenvalue weighted by atomic mass is 32.1. The molecule has 0 bridgehead atoms. The molecule has 2 heterocycles. The summed E-state index contributed by atoms with van der Waals surface area (Å²) in [5, 5.41) is 14.3. The van der Waals surface area contributed by atoms with Crippen LogP contribution in [0.25, 0.3) is 21.7 Å². The van der Waals surface area contributed by atoms with Crippen molar-refractivity contribution in [1.29, 1.82) is 0 Å². The van der Waals surface area contributed by atoms with Crippen molar-refractivity contribution in [2.45, 2.75) is 0 Å². The Morgan fingerprint density at radius 2 is 1.95 bits per heavy atom. The van der Waals surface area contributed by atoms with Gasteiger partial charge >= 0.3 is 5.97 Å². The maximum Gasteiger partial charge on any atom is 0.337 e. The van der Waals surface area contributed by atoms with E-state index in [1.165, 1.54) is 16.0 Å². The van der Waals surface area contributed by atoms with Crippen LogP contribution in [0.4, 0.5) is 0 Å². The van der Waals surface area contributed by atoms with Crippen LogP contribution in [0.5, 0.6) is 0 Å². The first-order valence-corrected chi connectivity index (χ1v) is 7.47. The number of hydrogen-bond acceptors (Lipinski definition) is 3. The third kappa shape index (κ3) is 2.32. The van der Waals surface area contributed by atoms with E-state index in [1.54, 1.807) is 17.4 Å². The molecule has 2 aromatic heterocycles. The van der Waals surface area contributed by atoms with Crippen LogP contribution in [0.1, 0.15) is 10.4 Å². The minimum atomic E-state index is -0.891. The van der Waals surface area contributed by atoms with Crippen LogP contribution in [-0.4, -0.2) is 11.1 Å². The lowest BCUT2D eigenvalue weighted by atomic mass is 10.1. The van der Waals surface area contributed by atoms with Crippen LogP contribution < -0.4 is 0 Å². The Bertz CT molecular complexity index is 751. The van der Waals surface area contributed by atoms with E-state index in [2.05, 4.69) is 0 Å². The van der Waals surface area contributed by atoms with Crippen LogP contribution in [0.15, 0.2) is 47.2 Å². The van der Waals surface area contributed by atoms with Gasteiger partial charge in [-0.05, 0) is 39.9 Å². The smallest absolute Gasteiger partial charge is 0.337 e. The lowest BCUT2D eigenvalue weighted by Crippen LogP contribution is -1.97. The second-order valence-electron chi connectivity index (χ2n) is 4.03. The van der Waals surface area contributed by atoms with Gasteiger partial charge in [-0.1, -0.05) is 24.3 Å². The van der Waals surface area contributed by atoms with Gasteiger partial charge < -0.3 is 5.11 Å². The fourth-order valence-electron chi connectivity index (χ4n) is 1.94. The van der Waals surface area contributed by atoms with E-state index in [-0.39, 0.29) is 0 Å². The number of carboxylic acids is 1. The molecule has 94 valence electrons. The predicted octanol–water partition coefficient (Wildman–Crippen LogP) is 4.59. The average Bonchev–Trinajstić information content (AvgIpc) is 3.05. The average molecular weight is 286 g/mol. The van der Waals surface area contributed by atoms with Crippen molar-refractivity contribution >= 4 is 50.4 Å². The van der Waals surface area contributed by atoms with Gasteiger partial charge in [-0.15, -0.1) is 22.7 Å². The Balaban J connectivity index is 2.15. The van der Waals surface area contributed by atoms with Crippen LogP contribution in [0.2, 0.25) is 0 Å². The van der Waals surface area contributed by atoms with Gasteiger partial charge in [0.1, 0.15) is 0 Å². The molecule has 19 heavy (non-hydrogen) atoms. The minimum absolute atomic E-state index is 0.346. The number of thiophene rings is 2. The molecule has 0 radical (unpaired) electrons. The number of carboxylic acid groups (broad SMARTS) is 1. The second-order valence-corrected chi connectivity index (χ2v) is 5.89. The molecule has 0 aliphatic heterocycles. The summed E-state index contributed by atoms with van der Waals surface area (Å²) >= 11 is 3.07. The molecule has 3 rings (SSSR count). The molecule has 0 amide bonds. The summed E-state index contributed by atoms with van der Waals surface area (Å²) in [6.45, 7) is 0. The van der Waals surface area contributed by atoms with E-state index < -0.39 is 5.97 Å². The third-order valence-electron chi connectivity index (χ3n) is 2.83. The highest BCUT2D eigenvalue weighted by molar-refractivity contribution is 7.17. The second kappa shape index (κ2) is 4.99. The maximum absolute atomic E-state index is 11.4. The van der Waals surface area contributed by atoms with Crippen molar-refractivity contribution in [2.24, 2.45) is 0 Å². The molecule has 0 spiro atoms. The molecule has 4 heteroatoms. The number of rotatable bonds is 3. The zero-order valence-corrected chi connectivity index (χ0v) is 11.5. The Morgan fingerprint density at radius 3 is 2.68 bits per heavy atom. The van der Waals surface area contributed by atoms with E-state index in [1.807, 2.05) is 47.2 Å². The lowest BCUT2D eigenvalue weighted by Gasteiger charge is -1.99. The number of benzene rings is 1. The summed E-state index contributed by atoms with van der Waals surface area (Å²) < 4.78 is 1.17. The molecule has 0 aliphatic carbocycles. The first-order chi connectivity index (χ1) is 9.25. The first kappa shape index (κ1) is 12.1. The summed E-state index contributed by atoms with van der Waals surface area (Å²) in [4.78, 5) is 12.2. The van der Waals surface area contributed by atoms with Crippen molar-refractivity contribution in [1.82, 2.24) is 0 Å². The van der Waals surface area contributed by atoms with Crippen LogP contribution in [0.3, 0.4) is 0 Å². The summed E-state index contributed by atoms with van der Waals surface area (Å²) in [6.07, 6.45) is 1.76. The number of carbonyl (C=O) groups is 1. The van der Waals surface area contributed by atoms with Gasteiger partial charge in [0.05, 0.1) is 5.57 Å². The monoisotopic (exact) mass is 286 g/mol. The molecule has 1 aromatic carbocycles. The largest absolute Gasteiger partial charge is 0.478 e. The molecule has 0 saturated carbocycles. The Kier molecular flexibility index (Phi) is 3.19. The van der Waals surface area contributed by atoms with Crippen molar-refractivity contribution in [3.63, 3.8) is 0 Å². The Labute approximate surface area is 118 Å². The third-order valence-corrected chi connectivity index (χ3v) is 4.71. The Morgan fingerprint density at radius 1 is 1.11 bits per heavy atom. The minimum Gasteiger partial charge on any atom is -0.478 e. The predicted molar refractivity (Wildman–Crippen MR) is 81.7 cm³/mol. The normalized spacial score (nSPS) is 11.9. The van der Waals surface area contributed by atoms with Crippen LogP contribution in [-0.2, 0) is 4.79 Å². The Hall–Kier alpha value is -1.91. The molecule has 1 N–H and O–H groups in total. The van der Waals surface area contributed by atoms with Gasteiger partial charge in [-0.3, -0.25) is 0 Å². The first-order valence-electron chi connectivity index (χ1n) is 5.71. The van der Waals surface area contributed by atoms with Crippen molar-refractivity contribution in [3.8, 4) is 0 Å². The van der Waals surface area contributed by atoms with Gasteiger partial charge in [0.15, 0.2) is 0 Å². The standard InChI is InChI=1S/C15H10O2S2/c16-15(17)12(14-6-3-7-18-14)8-10-9-19-13-5-2-1-4-11(10)13/h1-9H,(H,16,17)/b12-8-. The highest BCUT2D eigenvalue weighted by Crippen LogP contribution is 2.30. The molecular weight excluding hydrogens is 276 g/mol. The fraction of sp³-hybridized carbons (Fsp3) is 0. The molecule has 0 aliphatic rings. The summed E-state index contributed by atoms with van der Waals surface area (Å²) in [5.41, 5.74) is 1.31. The van der Waals surface area contributed by atoms with Crippen LogP contribution in [0, 0.1) is 0 Å². The topological polar surface area (TPSA) is 37.3 Å². The molecule has 0 atom stereocenters. The van der Waals surface area contributed by atoms with E-state index in [0.29, 0.717) is 5.57 Å².